The summed E-state index contributed by atoms with van der Waals surface area (Å²) < 4.78 is 6.09. The molecule has 0 saturated carbocycles. The van der Waals surface area contributed by atoms with Crippen LogP contribution < -0.4 is 10.5 Å². The molecule has 0 bridgehead atoms. The minimum absolute atomic E-state index is 0. The summed E-state index contributed by atoms with van der Waals surface area (Å²) in [7, 11) is 2.08. The van der Waals surface area contributed by atoms with Gasteiger partial charge in [0.1, 0.15) is 12.4 Å². The first-order chi connectivity index (χ1) is 12.8. The quantitative estimate of drug-likeness (QED) is 0.548. The third kappa shape index (κ3) is 6.84. The number of ether oxygens (including phenoxy) is 1. The van der Waals surface area contributed by atoms with Crippen molar-refractivity contribution in [2.75, 3.05) is 20.1 Å². The summed E-state index contributed by atoms with van der Waals surface area (Å²) in [6, 6.07) is 27.2. The Hall–Kier alpha value is -2.04. The van der Waals surface area contributed by atoms with E-state index in [1.807, 2.05) is 24.3 Å². The summed E-state index contributed by atoms with van der Waals surface area (Å²) >= 11 is 0. The van der Waals surface area contributed by atoms with Crippen LogP contribution in [-0.4, -0.2) is 25.0 Å². The van der Waals surface area contributed by atoms with E-state index in [-0.39, 0.29) is 24.8 Å². The number of likely N-dealkylation sites (N-methyl/N-ethyl adjacent to an activating group) is 1. The van der Waals surface area contributed by atoms with Crippen molar-refractivity contribution >= 4 is 24.8 Å². The summed E-state index contributed by atoms with van der Waals surface area (Å²) in [5.41, 5.74) is 10.4. The molecule has 0 aliphatic carbocycles. The highest BCUT2D eigenvalue weighted by Crippen LogP contribution is 2.22. The lowest BCUT2D eigenvalue weighted by molar-refractivity contribution is 0.287. The third-order valence-corrected chi connectivity index (χ3v) is 4.38. The van der Waals surface area contributed by atoms with E-state index >= 15 is 0 Å². The molecule has 0 spiro atoms. The van der Waals surface area contributed by atoms with Crippen molar-refractivity contribution in [2.24, 2.45) is 5.73 Å². The van der Waals surface area contributed by atoms with E-state index < -0.39 is 0 Å². The topological polar surface area (TPSA) is 38.5 Å². The Morgan fingerprint density at radius 2 is 1.39 bits per heavy atom. The lowest BCUT2D eigenvalue weighted by Crippen LogP contribution is -2.25. The maximum atomic E-state index is 6.09. The van der Waals surface area contributed by atoms with Gasteiger partial charge in [-0.15, -0.1) is 24.8 Å². The van der Waals surface area contributed by atoms with Crippen LogP contribution in [0.15, 0.2) is 78.9 Å². The predicted molar refractivity (Wildman–Crippen MR) is 123 cm³/mol. The van der Waals surface area contributed by atoms with E-state index in [9.17, 15) is 0 Å². The number of nitrogens with two attached hydrogens (primary N) is 1. The molecule has 0 aliphatic rings. The number of nitrogens with zero attached hydrogens (tertiary/aromatic N) is 1. The molecule has 0 radical (unpaired) electrons. The van der Waals surface area contributed by atoms with Gasteiger partial charge in [0, 0.05) is 25.2 Å². The Kier molecular flexibility index (Phi) is 10.6. The minimum Gasteiger partial charge on any atom is -0.489 e. The van der Waals surface area contributed by atoms with E-state index in [1.165, 1.54) is 16.7 Å². The Morgan fingerprint density at radius 3 is 2.07 bits per heavy atom. The second-order valence-corrected chi connectivity index (χ2v) is 6.49. The molecular weight excluding hydrogens is 391 g/mol. The monoisotopic (exact) mass is 418 g/mol. The molecule has 0 aliphatic heterocycles. The molecule has 150 valence electrons. The molecule has 3 nitrogen and oxygen atoms in total. The summed E-state index contributed by atoms with van der Waals surface area (Å²) in [4.78, 5) is 2.21. The van der Waals surface area contributed by atoms with Gasteiger partial charge in [-0.05, 0) is 29.8 Å². The van der Waals surface area contributed by atoms with Crippen LogP contribution in [0.3, 0.4) is 0 Å². The molecule has 0 heterocycles. The van der Waals surface area contributed by atoms with Gasteiger partial charge in [0.25, 0.3) is 0 Å². The van der Waals surface area contributed by atoms with E-state index in [0.29, 0.717) is 13.2 Å². The van der Waals surface area contributed by atoms with Crippen LogP contribution in [0.4, 0.5) is 0 Å². The van der Waals surface area contributed by atoms with E-state index in [1.54, 1.807) is 0 Å². The van der Waals surface area contributed by atoms with Gasteiger partial charge in [-0.25, -0.2) is 0 Å². The maximum absolute atomic E-state index is 6.09. The highest BCUT2D eigenvalue weighted by Gasteiger charge is 2.06. The van der Waals surface area contributed by atoms with Crippen LogP contribution >= 0.6 is 24.8 Å². The van der Waals surface area contributed by atoms with Crippen molar-refractivity contribution in [1.82, 2.24) is 4.90 Å². The first-order valence-corrected chi connectivity index (χ1v) is 9.00. The average Bonchev–Trinajstić information content (AvgIpc) is 2.69. The molecule has 28 heavy (non-hydrogen) atoms. The van der Waals surface area contributed by atoms with E-state index in [0.717, 1.165) is 24.4 Å². The Bertz CT molecular complexity index is 810. The van der Waals surface area contributed by atoms with Crippen LogP contribution in [-0.2, 0) is 13.2 Å². The predicted octanol–water partition coefficient (Wildman–Crippen LogP) is 5.17. The van der Waals surface area contributed by atoms with Gasteiger partial charge in [0.15, 0.2) is 0 Å². The number of halogens is 2. The van der Waals surface area contributed by atoms with Crippen LogP contribution in [0.1, 0.15) is 11.1 Å². The second kappa shape index (κ2) is 12.4. The summed E-state index contributed by atoms with van der Waals surface area (Å²) in [5.74, 6) is 0.934. The zero-order valence-electron chi connectivity index (χ0n) is 16.1. The van der Waals surface area contributed by atoms with Crippen molar-refractivity contribution in [2.45, 2.75) is 13.2 Å². The molecule has 5 heteroatoms. The van der Waals surface area contributed by atoms with Crippen LogP contribution in [0.5, 0.6) is 5.75 Å². The van der Waals surface area contributed by atoms with E-state index in [2.05, 4.69) is 66.5 Å². The van der Waals surface area contributed by atoms with Gasteiger partial charge in [-0.1, -0.05) is 72.8 Å². The van der Waals surface area contributed by atoms with Gasteiger partial charge in [0.2, 0.25) is 0 Å². The van der Waals surface area contributed by atoms with Crippen LogP contribution in [0.2, 0.25) is 0 Å². The fraction of sp³-hybridized carbons (Fsp3) is 0.217. The van der Waals surface area contributed by atoms with Gasteiger partial charge in [0.05, 0.1) is 0 Å². The molecule has 0 atom stereocenters. The van der Waals surface area contributed by atoms with Crippen molar-refractivity contribution in [3.05, 3.63) is 90.0 Å². The molecule has 0 unspecified atom stereocenters. The summed E-state index contributed by atoms with van der Waals surface area (Å²) in [6.07, 6.45) is 0. The van der Waals surface area contributed by atoms with Crippen molar-refractivity contribution in [1.29, 1.82) is 0 Å². The Labute approximate surface area is 180 Å². The zero-order chi connectivity index (χ0) is 18.2. The normalized spacial score (nSPS) is 10.1. The molecule has 3 rings (SSSR count). The molecule has 2 N–H and O–H groups in total. The van der Waals surface area contributed by atoms with E-state index in [4.69, 9.17) is 10.5 Å². The Morgan fingerprint density at radius 1 is 0.786 bits per heavy atom. The maximum Gasteiger partial charge on any atom is 0.124 e. The van der Waals surface area contributed by atoms with Crippen molar-refractivity contribution in [3.63, 3.8) is 0 Å². The van der Waals surface area contributed by atoms with Gasteiger partial charge >= 0.3 is 0 Å². The zero-order valence-corrected chi connectivity index (χ0v) is 17.7. The smallest absolute Gasteiger partial charge is 0.124 e. The lowest BCUT2D eigenvalue weighted by Gasteiger charge is -2.18. The first-order valence-electron chi connectivity index (χ1n) is 9.00. The molecule has 0 aromatic heterocycles. The summed E-state index contributed by atoms with van der Waals surface area (Å²) in [5, 5.41) is 0. The highest BCUT2D eigenvalue weighted by molar-refractivity contribution is 5.85. The standard InChI is InChI=1S/C23H26N2O.2ClH/c1-25(16-15-24)17-22-9-5-6-10-23(22)26-18-19-11-13-21(14-12-19)20-7-3-2-4-8-20;;/h2-14H,15-18,24H2,1H3;2*1H. The molecular formula is C23H28Cl2N2O. The van der Waals surface area contributed by atoms with Gasteiger partial charge in [-0.3, -0.25) is 0 Å². The van der Waals surface area contributed by atoms with Gasteiger partial charge in [-0.2, -0.15) is 0 Å². The molecule has 3 aromatic carbocycles. The number of rotatable bonds is 8. The number of hydrogen-bond donors (Lipinski definition) is 1. The SMILES string of the molecule is CN(CCN)Cc1ccccc1OCc1ccc(-c2ccccc2)cc1.Cl.Cl. The van der Waals surface area contributed by atoms with Crippen LogP contribution in [0.25, 0.3) is 11.1 Å². The highest BCUT2D eigenvalue weighted by atomic mass is 35.5. The minimum atomic E-state index is 0. The molecule has 3 aromatic rings. The largest absolute Gasteiger partial charge is 0.489 e. The molecule has 0 fully saturated rings. The Balaban J connectivity index is 0.00000196. The fourth-order valence-corrected chi connectivity index (χ4v) is 2.95. The number of para-hydroxylation sites is 1. The third-order valence-electron chi connectivity index (χ3n) is 4.38. The van der Waals surface area contributed by atoms with Crippen molar-refractivity contribution < 1.29 is 4.74 Å². The number of hydrogen-bond acceptors (Lipinski definition) is 3. The fourth-order valence-electron chi connectivity index (χ4n) is 2.95. The van der Waals surface area contributed by atoms with Gasteiger partial charge < -0.3 is 15.4 Å². The second-order valence-electron chi connectivity index (χ2n) is 6.49. The number of benzene rings is 3. The lowest BCUT2D eigenvalue weighted by atomic mass is 10.0. The molecule has 0 amide bonds. The average molecular weight is 419 g/mol. The van der Waals surface area contributed by atoms with Crippen LogP contribution in [0, 0.1) is 0 Å². The van der Waals surface area contributed by atoms with Crippen molar-refractivity contribution in [3.8, 4) is 16.9 Å². The molecule has 0 saturated heterocycles. The first kappa shape index (κ1) is 24.0. The summed E-state index contributed by atoms with van der Waals surface area (Å²) in [6.45, 7) is 2.93.